The van der Waals surface area contributed by atoms with Gasteiger partial charge in [0.15, 0.2) is 24.3 Å². The molecule has 1 heterocycles. The van der Waals surface area contributed by atoms with Crippen molar-refractivity contribution in [2.45, 2.75) is 13.0 Å². The van der Waals surface area contributed by atoms with E-state index < -0.39 is 0 Å². The van der Waals surface area contributed by atoms with Crippen LogP contribution in [0.3, 0.4) is 0 Å². The number of nitrogens with zero attached hydrogens (tertiary/aromatic N) is 1. The number of rotatable bonds is 4. The van der Waals surface area contributed by atoms with Gasteiger partial charge in [0.05, 0.1) is 14.2 Å². The van der Waals surface area contributed by atoms with Crippen molar-refractivity contribution in [1.82, 2.24) is 0 Å². The molecular weight excluding hydrogens is 262 g/mol. The summed E-state index contributed by atoms with van der Waals surface area (Å²) in [6, 6.07) is 14.7. The lowest BCUT2D eigenvalue weighted by Gasteiger charge is -2.16. The Morgan fingerprint density at radius 2 is 1.71 bits per heavy atom. The van der Waals surface area contributed by atoms with E-state index >= 15 is 0 Å². The van der Waals surface area contributed by atoms with E-state index in [2.05, 4.69) is 53.3 Å². The first-order valence-electron chi connectivity index (χ1n) is 7.18. The van der Waals surface area contributed by atoms with E-state index in [1.54, 1.807) is 14.2 Å². The molecule has 0 atom stereocenters. The van der Waals surface area contributed by atoms with Crippen LogP contribution in [0.15, 0.2) is 42.5 Å². The van der Waals surface area contributed by atoms with Gasteiger partial charge >= 0.3 is 0 Å². The van der Waals surface area contributed by atoms with Gasteiger partial charge < -0.3 is 9.47 Å². The van der Waals surface area contributed by atoms with Gasteiger partial charge in [0.25, 0.3) is 0 Å². The van der Waals surface area contributed by atoms with Crippen LogP contribution >= 0.6 is 0 Å². The Bertz CT molecular complexity index is 662. The monoisotopic (exact) mass is 282 g/mol. The maximum atomic E-state index is 5.39. The van der Waals surface area contributed by atoms with E-state index in [-0.39, 0.29) is 0 Å². The SMILES string of the molecule is COc1cc2c(cc1OC)CC[N+](Cc1ccccc1)=C2. The van der Waals surface area contributed by atoms with Crippen molar-refractivity contribution in [3.8, 4) is 11.5 Å². The summed E-state index contributed by atoms with van der Waals surface area (Å²) in [6.07, 6.45) is 3.24. The van der Waals surface area contributed by atoms with Crippen LogP contribution in [-0.4, -0.2) is 31.6 Å². The minimum Gasteiger partial charge on any atom is -0.493 e. The highest BCUT2D eigenvalue weighted by molar-refractivity contribution is 5.80. The van der Waals surface area contributed by atoms with Crippen molar-refractivity contribution in [2.24, 2.45) is 0 Å². The largest absolute Gasteiger partial charge is 0.493 e. The molecule has 0 amide bonds. The van der Waals surface area contributed by atoms with Crippen molar-refractivity contribution in [1.29, 1.82) is 0 Å². The van der Waals surface area contributed by atoms with E-state index in [4.69, 9.17) is 9.47 Å². The highest BCUT2D eigenvalue weighted by Gasteiger charge is 2.19. The van der Waals surface area contributed by atoms with Crippen LogP contribution in [0.5, 0.6) is 11.5 Å². The molecule has 1 aliphatic heterocycles. The lowest BCUT2D eigenvalue weighted by atomic mass is 10.0. The Morgan fingerprint density at radius 3 is 2.43 bits per heavy atom. The molecule has 2 aromatic carbocycles. The summed E-state index contributed by atoms with van der Waals surface area (Å²) in [5.74, 6) is 1.59. The Morgan fingerprint density at radius 1 is 1.00 bits per heavy atom. The van der Waals surface area contributed by atoms with Crippen LogP contribution in [0.2, 0.25) is 0 Å². The smallest absolute Gasteiger partial charge is 0.171 e. The van der Waals surface area contributed by atoms with Gasteiger partial charge in [-0.15, -0.1) is 0 Å². The van der Waals surface area contributed by atoms with Crippen molar-refractivity contribution < 1.29 is 14.0 Å². The summed E-state index contributed by atoms with van der Waals surface area (Å²) >= 11 is 0. The molecule has 0 saturated carbocycles. The first-order valence-corrected chi connectivity index (χ1v) is 7.18. The van der Waals surface area contributed by atoms with Crippen molar-refractivity contribution in [3.63, 3.8) is 0 Å². The third kappa shape index (κ3) is 2.92. The average molecular weight is 282 g/mol. The van der Waals surface area contributed by atoms with E-state index in [1.165, 1.54) is 16.7 Å². The maximum absolute atomic E-state index is 5.39. The van der Waals surface area contributed by atoms with Gasteiger partial charge in [-0.05, 0) is 17.7 Å². The number of hydrogen-bond donors (Lipinski definition) is 0. The molecule has 108 valence electrons. The van der Waals surface area contributed by atoms with Gasteiger partial charge in [-0.2, -0.15) is 0 Å². The molecule has 0 bridgehead atoms. The first-order chi connectivity index (χ1) is 10.3. The van der Waals surface area contributed by atoms with Crippen LogP contribution in [0.25, 0.3) is 0 Å². The Hall–Kier alpha value is -2.29. The van der Waals surface area contributed by atoms with Gasteiger partial charge in [-0.3, -0.25) is 0 Å². The molecule has 3 nitrogen and oxygen atoms in total. The molecule has 0 spiro atoms. The minimum absolute atomic E-state index is 0.786. The zero-order valence-corrected chi connectivity index (χ0v) is 12.5. The van der Waals surface area contributed by atoms with Crippen LogP contribution < -0.4 is 9.47 Å². The molecule has 0 radical (unpaired) electrons. The van der Waals surface area contributed by atoms with E-state index in [0.29, 0.717) is 0 Å². The average Bonchev–Trinajstić information content (AvgIpc) is 2.54. The number of hydrogen-bond acceptors (Lipinski definition) is 2. The van der Waals surface area contributed by atoms with E-state index in [0.717, 1.165) is 31.0 Å². The minimum atomic E-state index is 0.786. The van der Waals surface area contributed by atoms with Gasteiger partial charge in [0, 0.05) is 17.5 Å². The number of ether oxygens (including phenoxy) is 2. The fourth-order valence-electron chi connectivity index (χ4n) is 2.74. The molecule has 21 heavy (non-hydrogen) atoms. The van der Waals surface area contributed by atoms with Gasteiger partial charge in [-0.25, -0.2) is 4.58 Å². The Labute approximate surface area is 125 Å². The molecule has 0 unspecified atom stereocenters. The van der Waals surface area contributed by atoms with Crippen LogP contribution in [0.1, 0.15) is 16.7 Å². The summed E-state index contributed by atoms with van der Waals surface area (Å²) in [4.78, 5) is 0. The fraction of sp³-hybridized carbons (Fsp3) is 0.278. The summed E-state index contributed by atoms with van der Waals surface area (Å²) in [5.41, 5.74) is 3.87. The van der Waals surface area contributed by atoms with Crippen molar-refractivity contribution >= 4 is 6.21 Å². The standard InChI is InChI=1S/C18H20NO2/c1-20-17-10-15-8-9-19(12-14-6-4-3-5-7-14)13-16(15)11-18(17)21-2/h3-7,10-11,13H,8-9,12H2,1-2H3/q+1. The molecule has 3 rings (SSSR count). The predicted molar refractivity (Wildman–Crippen MR) is 83.7 cm³/mol. The van der Waals surface area contributed by atoms with Crippen LogP contribution in [-0.2, 0) is 13.0 Å². The number of methoxy groups -OCH3 is 2. The second kappa shape index (κ2) is 6.00. The van der Waals surface area contributed by atoms with Crippen molar-refractivity contribution in [3.05, 3.63) is 59.2 Å². The quantitative estimate of drug-likeness (QED) is 0.804. The second-order valence-corrected chi connectivity index (χ2v) is 5.24. The molecule has 0 fully saturated rings. The Balaban J connectivity index is 1.90. The molecule has 1 aliphatic rings. The summed E-state index contributed by atoms with van der Waals surface area (Å²) in [6.45, 7) is 1.96. The van der Waals surface area contributed by atoms with Gasteiger partial charge in [-0.1, -0.05) is 30.3 Å². The lowest BCUT2D eigenvalue weighted by Crippen LogP contribution is -2.22. The first kappa shape index (κ1) is 13.7. The fourth-order valence-corrected chi connectivity index (χ4v) is 2.74. The van der Waals surface area contributed by atoms with E-state index in [9.17, 15) is 0 Å². The van der Waals surface area contributed by atoms with Gasteiger partial charge in [0.2, 0.25) is 0 Å². The molecule has 0 aliphatic carbocycles. The number of fused-ring (bicyclic) bond motifs is 1. The molecule has 0 saturated heterocycles. The topological polar surface area (TPSA) is 21.5 Å². The third-order valence-corrected chi connectivity index (χ3v) is 3.86. The lowest BCUT2D eigenvalue weighted by molar-refractivity contribution is -0.540. The predicted octanol–water partition coefficient (Wildman–Crippen LogP) is 2.89. The van der Waals surface area contributed by atoms with Crippen molar-refractivity contribution in [2.75, 3.05) is 20.8 Å². The number of benzene rings is 2. The molecular formula is C18H20NO2+. The molecule has 0 N–H and O–H groups in total. The maximum Gasteiger partial charge on any atom is 0.171 e. The summed E-state index contributed by atoms with van der Waals surface area (Å²) < 4.78 is 13.1. The zero-order chi connectivity index (χ0) is 14.7. The van der Waals surface area contributed by atoms with E-state index in [1.807, 2.05) is 0 Å². The third-order valence-electron chi connectivity index (χ3n) is 3.86. The van der Waals surface area contributed by atoms with Crippen LogP contribution in [0, 0.1) is 0 Å². The summed E-state index contributed by atoms with van der Waals surface area (Å²) in [5, 5.41) is 0. The molecule has 3 heteroatoms. The normalized spacial score (nSPS) is 13.3. The summed E-state index contributed by atoms with van der Waals surface area (Å²) in [7, 11) is 3.35. The highest BCUT2D eigenvalue weighted by atomic mass is 16.5. The highest BCUT2D eigenvalue weighted by Crippen LogP contribution is 2.31. The van der Waals surface area contributed by atoms with Crippen LogP contribution in [0.4, 0.5) is 0 Å². The molecule has 2 aromatic rings. The zero-order valence-electron chi connectivity index (χ0n) is 12.5. The van der Waals surface area contributed by atoms with Gasteiger partial charge in [0.1, 0.15) is 6.54 Å². The Kier molecular flexibility index (Phi) is 3.91. The second-order valence-electron chi connectivity index (χ2n) is 5.24. The molecule has 0 aromatic heterocycles.